The molecule has 0 saturated heterocycles. The normalized spacial score (nSPS) is 11.1. The minimum atomic E-state index is 1.13. The van der Waals surface area contributed by atoms with E-state index in [0.29, 0.717) is 0 Å². The molecule has 0 atom stereocenters. The van der Waals surface area contributed by atoms with Crippen LogP contribution in [0.15, 0.2) is 23.3 Å². The third kappa shape index (κ3) is 4.05. The Kier molecular flexibility index (Phi) is 5.62. The van der Waals surface area contributed by atoms with Crippen molar-refractivity contribution in [2.75, 3.05) is 0 Å². The predicted molar refractivity (Wildman–Crippen MR) is 70.8 cm³/mol. The number of hydrogen-bond donors (Lipinski definition) is 1. The van der Waals surface area contributed by atoms with Crippen LogP contribution >= 0.6 is 0 Å². The number of unbranched alkanes of at least 4 members (excludes halogenated alkanes) is 3. The van der Waals surface area contributed by atoms with Gasteiger partial charge in [0.15, 0.2) is 0 Å². The Balaban J connectivity index is 2.57. The Hall–Kier alpha value is -1.31. The van der Waals surface area contributed by atoms with Gasteiger partial charge in [0.05, 0.1) is 6.21 Å². The van der Waals surface area contributed by atoms with E-state index in [0.717, 1.165) is 12.0 Å². The molecule has 0 heterocycles. The lowest BCUT2D eigenvalue weighted by atomic mass is 10.0. The van der Waals surface area contributed by atoms with Crippen LogP contribution < -0.4 is 5.84 Å². The summed E-state index contributed by atoms with van der Waals surface area (Å²) in [4.78, 5) is 0. The van der Waals surface area contributed by atoms with E-state index in [1.807, 2.05) is 0 Å². The van der Waals surface area contributed by atoms with Crippen LogP contribution in [0.5, 0.6) is 0 Å². The SMILES string of the molecule is CCCCCCc1ccc(C)c(/C=N\N)c1. The highest BCUT2D eigenvalue weighted by molar-refractivity contribution is 5.81. The van der Waals surface area contributed by atoms with Gasteiger partial charge in [0, 0.05) is 0 Å². The van der Waals surface area contributed by atoms with Crippen LogP contribution in [0.3, 0.4) is 0 Å². The fourth-order valence-corrected chi connectivity index (χ4v) is 1.82. The van der Waals surface area contributed by atoms with Crippen molar-refractivity contribution in [1.82, 2.24) is 0 Å². The molecule has 0 saturated carbocycles. The molecular formula is C14H22N2. The monoisotopic (exact) mass is 218 g/mol. The van der Waals surface area contributed by atoms with E-state index in [4.69, 9.17) is 5.84 Å². The van der Waals surface area contributed by atoms with Gasteiger partial charge in [-0.1, -0.05) is 38.3 Å². The van der Waals surface area contributed by atoms with E-state index in [9.17, 15) is 0 Å². The summed E-state index contributed by atoms with van der Waals surface area (Å²) in [6.07, 6.45) is 8.11. The first-order valence-electron chi connectivity index (χ1n) is 6.10. The number of aryl methyl sites for hydroxylation is 2. The second kappa shape index (κ2) is 7.04. The summed E-state index contributed by atoms with van der Waals surface area (Å²) < 4.78 is 0. The summed E-state index contributed by atoms with van der Waals surface area (Å²) in [5, 5.41) is 3.59. The van der Waals surface area contributed by atoms with E-state index in [2.05, 4.69) is 37.1 Å². The number of hydrogen-bond acceptors (Lipinski definition) is 2. The van der Waals surface area contributed by atoms with Crippen LogP contribution in [0, 0.1) is 6.92 Å². The molecular weight excluding hydrogens is 196 g/mol. The number of nitrogens with two attached hydrogens (primary N) is 1. The van der Waals surface area contributed by atoms with Gasteiger partial charge in [-0.25, -0.2) is 0 Å². The first-order valence-corrected chi connectivity index (χ1v) is 6.10. The topological polar surface area (TPSA) is 38.4 Å². The average molecular weight is 218 g/mol. The maximum Gasteiger partial charge on any atom is 0.0540 e. The summed E-state index contributed by atoms with van der Waals surface area (Å²) in [6, 6.07) is 6.54. The Labute approximate surface area is 98.6 Å². The Bertz CT molecular complexity index is 343. The molecule has 2 heteroatoms. The van der Waals surface area contributed by atoms with Crippen molar-refractivity contribution in [3.8, 4) is 0 Å². The molecule has 16 heavy (non-hydrogen) atoms. The maximum atomic E-state index is 5.19. The van der Waals surface area contributed by atoms with Crippen LogP contribution in [0.1, 0.15) is 49.3 Å². The second-order valence-electron chi connectivity index (χ2n) is 4.28. The lowest BCUT2D eigenvalue weighted by Gasteiger charge is -2.05. The molecule has 0 unspecified atom stereocenters. The smallest absolute Gasteiger partial charge is 0.0540 e. The lowest BCUT2D eigenvalue weighted by molar-refractivity contribution is 0.667. The van der Waals surface area contributed by atoms with Gasteiger partial charge in [-0.2, -0.15) is 5.10 Å². The van der Waals surface area contributed by atoms with Gasteiger partial charge in [0.25, 0.3) is 0 Å². The molecule has 2 nitrogen and oxygen atoms in total. The van der Waals surface area contributed by atoms with Crippen molar-refractivity contribution in [3.63, 3.8) is 0 Å². The van der Waals surface area contributed by atoms with Crippen molar-refractivity contribution in [3.05, 3.63) is 34.9 Å². The van der Waals surface area contributed by atoms with Gasteiger partial charge in [-0.3, -0.25) is 0 Å². The van der Waals surface area contributed by atoms with E-state index in [1.165, 1.54) is 36.8 Å². The largest absolute Gasteiger partial charge is 0.323 e. The van der Waals surface area contributed by atoms with Gasteiger partial charge in [-0.05, 0) is 42.5 Å². The van der Waals surface area contributed by atoms with E-state index >= 15 is 0 Å². The summed E-state index contributed by atoms with van der Waals surface area (Å²) in [6.45, 7) is 4.32. The van der Waals surface area contributed by atoms with Crippen molar-refractivity contribution < 1.29 is 0 Å². The lowest BCUT2D eigenvalue weighted by Crippen LogP contribution is -1.94. The standard InChI is InChI=1S/C14H22N2/c1-3-4-5-6-7-13-9-8-12(2)14(10-13)11-16-15/h8-11H,3-7,15H2,1-2H3/b16-11-. The Morgan fingerprint density at radius 1 is 1.25 bits per heavy atom. The van der Waals surface area contributed by atoms with Gasteiger partial charge in [-0.15, -0.1) is 0 Å². The zero-order valence-corrected chi connectivity index (χ0v) is 10.4. The minimum Gasteiger partial charge on any atom is -0.323 e. The zero-order chi connectivity index (χ0) is 11.8. The summed E-state index contributed by atoms with van der Waals surface area (Å²) in [7, 11) is 0. The van der Waals surface area contributed by atoms with E-state index in [-0.39, 0.29) is 0 Å². The summed E-state index contributed by atoms with van der Waals surface area (Å²) >= 11 is 0. The number of hydrazone groups is 1. The predicted octanol–water partition coefficient (Wildman–Crippen LogP) is 3.41. The molecule has 0 amide bonds. The Morgan fingerprint density at radius 2 is 2.06 bits per heavy atom. The molecule has 0 spiro atoms. The van der Waals surface area contributed by atoms with Crippen molar-refractivity contribution in [1.29, 1.82) is 0 Å². The third-order valence-corrected chi connectivity index (χ3v) is 2.88. The molecule has 0 aliphatic heterocycles. The average Bonchev–Trinajstić information content (AvgIpc) is 2.29. The van der Waals surface area contributed by atoms with Crippen molar-refractivity contribution in [2.45, 2.75) is 46.0 Å². The van der Waals surface area contributed by atoms with Crippen LogP contribution in [0.2, 0.25) is 0 Å². The maximum absolute atomic E-state index is 5.19. The second-order valence-corrected chi connectivity index (χ2v) is 4.28. The van der Waals surface area contributed by atoms with Gasteiger partial charge >= 0.3 is 0 Å². The summed E-state index contributed by atoms with van der Waals surface area (Å²) in [5.74, 6) is 5.19. The molecule has 0 aromatic heterocycles. The van der Waals surface area contributed by atoms with Crippen molar-refractivity contribution in [2.24, 2.45) is 10.9 Å². The molecule has 0 bridgehead atoms. The molecule has 0 aliphatic carbocycles. The minimum absolute atomic E-state index is 1.13. The third-order valence-electron chi connectivity index (χ3n) is 2.88. The highest BCUT2D eigenvalue weighted by Gasteiger charge is 1.98. The first kappa shape index (κ1) is 12.8. The Morgan fingerprint density at radius 3 is 2.75 bits per heavy atom. The molecule has 88 valence electrons. The summed E-state index contributed by atoms with van der Waals surface area (Å²) in [5.41, 5.74) is 3.75. The van der Waals surface area contributed by atoms with Crippen LogP contribution in [0.25, 0.3) is 0 Å². The van der Waals surface area contributed by atoms with Gasteiger partial charge in [0.1, 0.15) is 0 Å². The zero-order valence-electron chi connectivity index (χ0n) is 10.4. The van der Waals surface area contributed by atoms with Crippen LogP contribution in [0.4, 0.5) is 0 Å². The molecule has 0 radical (unpaired) electrons. The quantitative estimate of drug-likeness (QED) is 0.338. The van der Waals surface area contributed by atoms with E-state index in [1.54, 1.807) is 6.21 Å². The number of rotatable bonds is 6. The highest BCUT2D eigenvalue weighted by Crippen LogP contribution is 2.12. The molecule has 2 N–H and O–H groups in total. The fraction of sp³-hybridized carbons (Fsp3) is 0.500. The van der Waals surface area contributed by atoms with Crippen LogP contribution in [-0.2, 0) is 6.42 Å². The van der Waals surface area contributed by atoms with Gasteiger partial charge < -0.3 is 5.84 Å². The highest BCUT2D eigenvalue weighted by atomic mass is 15.1. The number of benzene rings is 1. The molecule has 1 aromatic carbocycles. The van der Waals surface area contributed by atoms with Crippen LogP contribution in [-0.4, -0.2) is 6.21 Å². The molecule has 0 aliphatic rings. The molecule has 1 aromatic rings. The number of nitrogens with zero attached hydrogens (tertiary/aromatic N) is 1. The fourth-order valence-electron chi connectivity index (χ4n) is 1.82. The van der Waals surface area contributed by atoms with Gasteiger partial charge in [0.2, 0.25) is 0 Å². The first-order chi connectivity index (χ1) is 7.77. The molecule has 1 rings (SSSR count). The molecule has 0 fully saturated rings. The van der Waals surface area contributed by atoms with E-state index < -0.39 is 0 Å². The van der Waals surface area contributed by atoms with Crippen molar-refractivity contribution >= 4 is 6.21 Å².